The maximum absolute atomic E-state index is 5.33. The molecule has 1 aromatic rings. The van der Waals surface area contributed by atoms with Gasteiger partial charge in [-0.25, -0.2) is 0 Å². The van der Waals surface area contributed by atoms with Crippen LogP contribution in [0.15, 0.2) is 22.8 Å². The van der Waals surface area contributed by atoms with Crippen molar-refractivity contribution in [2.24, 2.45) is 0 Å². The lowest BCUT2D eigenvalue weighted by Crippen LogP contribution is -2.17. The molecule has 0 saturated carbocycles. The van der Waals surface area contributed by atoms with Crippen LogP contribution in [0, 0.1) is 0 Å². The van der Waals surface area contributed by atoms with Crippen LogP contribution in [0.5, 0.6) is 0 Å². The summed E-state index contributed by atoms with van der Waals surface area (Å²) in [6.07, 6.45) is 4.22. The van der Waals surface area contributed by atoms with Crippen LogP contribution in [0.1, 0.15) is 18.5 Å². The van der Waals surface area contributed by atoms with Crippen molar-refractivity contribution in [1.29, 1.82) is 0 Å². The molecule has 82 valence electrons. The maximum Gasteiger partial charge on any atom is 0.0503 e. The second-order valence-electron chi connectivity index (χ2n) is 3.59. The third-order valence-electron chi connectivity index (χ3n) is 2.42. The molecule has 0 atom stereocenters. The summed E-state index contributed by atoms with van der Waals surface area (Å²) in [6, 6.07) is 4.13. The molecule has 1 aliphatic rings. The van der Waals surface area contributed by atoms with Gasteiger partial charge in [0.25, 0.3) is 0 Å². The molecule has 0 N–H and O–H groups in total. The molecule has 1 saturated heterocycles. The number of thioether (sulfide) groups is 1. The summed E-state index contributed by atoms with van der Waals surface area (Å²) in [4.78, 5) is 4.36. The lowest BCUT2D eigenvalue weighted by atomic mass is 10.2. The van der Waals surface area contributed by atoms with Gasteiger partial charge in [-0.3, -0.25) is 4.98 Å². The van der Waals surface area contributed by atoms with Crippen molar-refractivity contribution in [2.75, 3.05) is 13.2 Å². The van der Waals surface area contributed by atoms with Crippen molar-refractivity contribution in [3.8, 4) is 0 Å². The molecule has 1 aromatic heterocycles. The van der Waals surface area contributed by atoms with Gasteiger partial charge in [-0.15, -0.1) is 0 Å². The Morgan fingerprint density at radius 2 is 2.20 bits per heavy atom. The smallest absolute Gasteiger partial charge is 0.0503 e. The summed E-state index contributed by atoms with van der Waals surface area (Å²) in [5, 5.41) is 0.754. The van der Waals surface area contributed by atoms with Crippen LogP contribution in [-0.2, 0) is 10.5 Å². The number of ether oxygens (including phenoxy) is 1. The normalized spacial score (nSPS) is 17.9. The van der Waals surface area contributed by atoms with Gasteiger partial charge >= 0.3 is 0 Å². The fourth-order valence-electron chi connectivity index (χ4n) is 1.54. The molecule has 0 aliphatic carbocycles. The largest absolute Gasteiger partial charge is 0.381 e. The van der Waals surface area contributed by atoms with Crippen molar-refractivity contribution in [1.82, 2.24) is 4.98 Å². The zero-order chi connectivity index (χ0) is 10.5. The summed E-state index contributed by atoms with van der Waals surface area (Å²) >= 11 is 5.39. The van der Waals surface area contributed by atoms with Gasteiger partial charge in [-0.05, 0) is 40.9 Å². The van der Waals surface area contributed by atoms with Gasteiger partial charge in [0.05, 0.1) is 5.69 Å². The molecule has 0 spiro atoms. The molecular formula is C11H14BrNOS. The van der Waals surface area contributed by atoms with Crippen molar-refractivity contribution in [3.05, 3.63) is 28.5 Å². The van der Waals surface area contributed by atoms with Gasteiger partial charge in [0.1, 0.15) is 0 Å². The minimum absolute atomic E-state index is 0.754. The van der Waals surface area contributed by atoms with Crippen molar-refractivity contribution in [2.45, 2.75) is 23.8 Å². The van der Waals surface area contributed by atoms with E-state index < -0.39 is 0 Å². The van der Waals surface area contributed by atoms with Gasteiger partial charge in [-0.1, -0.05) is 0 Å². The first-order chi connectivity index (χ1) is 7.34. The standard InChI is InChI=1S/C11H14BrNOS/c12-9-1-2-10(13-7-9)8-15-11-3-5-14-6-4-11/h1-2,7,11H,3-6,8H2. The van der Waals surface area contributed by atoms with E-state index in [-0.39, 0.29) is 0 Å². The molecule has 0 bridgehead atoms. The lowest BCUT2D eigenvalue weighted by molar-refractivity contribution is 0.1000. The summed E-state index contributed by atoms with van der Waals surface area (Å²) in [6.45, 7) is 1.84. The third-order valence-corrected chi connectivity index (χ3v) is 4.30. The second kappa shape index (κ2) is 5.87. The predicted molar refractivity (Wildman–Crippen MR) is 67.1 cm³/mol. The van der Waals surface area contributed by atoms with Crippen LogP contribution < -0.4 is 0 Å². The number of aromatic nitrogens is 1. The van der Waals surface area contributed by atoms with E-state index in [1.807, 2.05) is 24.0 Å². The molecular weight excluding hydrogens is 274 g/mol. The molecule has 0 radical (unpaired) electrons. The Kier molecular flexibility index (Phi) is 4.47. The van der Waals surface area contributed by atoms with E-state index in [0.717, 1.165) is 34.4 Å². The van der Waals surface area contributed by atoms with Gasteiger partial charge in [0.15, 0.2) is 0 Å². The van der Waals surface area contributed by atoms with E-state index in [1.165, 1.54) is 12.8 Å². The molecule has 1 fully saturated rings. The molecule has 0 aromatic carbocycles. The Labute approximate surface area is 103 Å². The van der Waals surface area contributed by atoms with Crippen LogP contribution in [0.4, 0.5) is 0 Å². The predicted octanol–water partition coefficient (Wildman–Crippen LogP) is 3.26. The highest BCUT2D eigenvalue weighted by Gasteiger charge is 2.13. The number of halogens is 1. The minimum atomic E-state index is 0.754. The van der Waals surface area contributed by atoms with Gasteiger partial charge in [0.2, 0.25) is 0 Å². The molecule has 2 heterocycles. The fourth-order valence-corrected chi connectivity index (χ4v) is 2.88. The van der Waals surface area contributed by atoms with Crippen LogP contribution >= 0.6 is 27.7 Å². The number of hydrogen-bond donors (Lipinski definition) is 0. The Morgan fingerprint density at radius 3 is 2.87 bits per heavy atom. The molecule has 15 heavy (non-hydrogen) atoms. The summed E-state index contributed by atoms with van der Waals surface area (Å²) in [7, 11) is 0. The molecule has 4 heteroatoms. The second-order valence-corrected chi connectivity index (χ2v) is 5.79. The fraction of sp³-hybridized carbons (Fsp3) is 0.545. The molecule has 2 rings (SSSR count). The molecule has 2 nitrogen and oxygen atoms in total. The van der Waals surface area contributed by atoms with Crippen LogP contribution in [0.3, 0.4) is 0 Å². The summed E-state index contributed by atoms with van der Waals surface area (Å²) < 4.78 is 6.38. The van der Waals surface area contributed by atoms with E-state index in [2.05, 4.69) is 27.0 Å². The number of hydrogen-bond acceptors (Lipinski definition) is 3. The van der Waals surface area contributed by atoms with E-state index in [1.54, 1.807) is 0 Å². The van der Waals surface area contributed by atoms with Crippen LogP contribution in [0.2, 0.25) is 0 Å². The third kappa shape index (κ3) is 3.78. The Bertz CT molecular complexity index is 298. The highest BCUT2D eigenvalue weighted by atomic mass is 79.9. The van der Waals surface area contributed by atoms with Crippen LogP contribution in [-0.4, -0.2) is 23.4 Å². The quantitative estimate of drug-likeness (QED) is 0.852. The van der Waals surface area contributed by atoms with E-state index in [0.29, 0.717) is 0 Å². The molecule has 0 unspecified atom stereocenters. The highest BCUT2D eigenvalue weighted by molar-refractivity contribution is 9.10. The first-order valence-corrected chi connectivity index (χ1v) is 6.98. The average molecular weight is 288 g/mol. The van der Waals surface area contributed by atoms with E-state index >= 15 is 0 Å². The van der Waals surface area contributed by atoms with Crippen molar-refractivity contribution >= 4 is 27.7 Å². The first-order valence-electron chi connectivity index (χ1n) is 5.14. The van der Waals surface area contributed by atoms with Gasteiger partial charge in [-0.2, -0.15) is 11.8 Å². The van der Waals surface area contributed by atoms with E-state index in [9.17, 15) is 0 Å². The SMILES string of the molecule is Brc1ccc(CSC2CCOCC2)nc1. The monoisotopic (exact) mass is 287 g/mol. The lowest BCUT2D eigenvalue weighted by Gasteiger charge is -2.21. The topological polar surface area (TPSA) is 22.1 Å². The van der Waals surface area contributed by atoms with Crippen molar-refractivity contribution in [3.63, 3.8) is 0 Å². The molecule has 0 amide bonds. The number of pyridine rings is 1. The van der Waals surface area contributed by atoms with E-state index in [4.69, 9.17) is 4.74 Å². The zero-order valence-corrected chi connectivity index (χ0v) is 10.9. The zero-order valence-electron chi connectivity index (χ0n) is 8.49. The first kappa shape index (κ1) is 11.4. The number of rotatable bonds is 3. The average Bonchev–Trinajstić information content (AvgIpc) is 2.30. The molecule has 1 aliphatic heterocycles. The summed E-state index contributed by atoms with van der Waals surface area (Å²) in [5.74, 6) is 1.01. The Morgan fingerprint density at radius 1 is 1.40 bits per heavy atom. The van der Waals surface area contributed by atoms with Crippen molar-refractivity contribution < 1.29 is 4.74 Å². The highest BCUT2D eigenvalue weighted by Crippen LogP contribution is 2.25. The van der Waals surface area contributed by atoms with Gasteiger partial charge in [0, 0.05) is 34.9 Å². The van der Waals surface area contributed by atoms with Crippen LogP contribution in [0.25, 0.3) is 0 Å². The summed E-state index contributed by atoms with van der Waals surface area (Å²) in [5.41, 5.74) is 1.16. The maximum atomic E-state index is 5.33. The number of nitrogens with zero attached hydrogens (tertiary/aromatic N) is 1. The Balaban J connectivity index is 1.79. The van der Waals surface area contributed by atoms with Gasteiger partial charge < -0.3 is 4.74 Å². The Hall–Kier alpha value is -0.0600. The minimum Gasteiger partial charge on any atom is -0.381 e.